The Labute approximate surface area is 262 Å². The number of rotatable bonds is 9. The summed E-state index contributed by atoms with van der Waals surface area (Å²) in [4.78, 5) is 6.81. The molecule has 0 saturated heterocycles. The second kappa shape index (κ2) is 15.5. The van der Waals surface area contributed by atoms with Gasteiger partial charge in [0.25, 0.3) is 0 Å². The first-order chi connectivity index (χ1) is 16.5. The first-order valence-electron chi connectivity index (χ1n) is 12.0. The number of hydrogen-bond donors (Lipinski definition) is 0. The summed E-state index contributed by atoms with van der Waals surface area (Å²) in [5.74, 6) is 1.02. The molecule has 0 aliphatic carbocycles. The van der Waals surface area contributed by atoms with Gasteiger partial charge in [0.1, 0.15) is 0 Å². The molecule has 180 valence electrons. The molecular weight excluding hydrogens is 499 g/mol. The third kappa shape index (κ3) is 8.37. The maximum Gasteiger partial charge on any atom is 1.00 e. The molecule has 0 saturated carbocycles. The van der Waals surface area contributed by atoms with E-state index in [1.54, 1.807) is 11.8 Å². The Kier molecular flexibility index (Phi) is 13.5. The van der Waals surface area contributed by atoms with E-state index in [-0.39, 0.29) is 51.4 Å². The second-order valence-electron chi connectivity index (χ2n) is 8.06. The predicted octanol–water partition coefficient (Wildman–Crippen LogP) is 6.75. The van der Waals surface area contributed by atoms with E-state index < -0.39 is 0 Å². The van der Waals surface area contributed by atoms with Crippen LogP contribution in [0.5, 0.6) is 0 Å². The van der Waals surface area contributed by atoms with Crippen LogP contribution >= 0.6 is 23.4 Å². The number of fused-ring (bicyclic) bond motifs is 1. The molecule has 3 aromatic carbocycles. The fraction of sp³-hybridized carbons (Fsp3) is 0.310. The molecular formula is C29H34ClKN2OS. The van der Waals surface area contributed by atoms with Gasteiger partial charge in [-0.05, 0) is 60.4 Å². The fourth-order valence-electron chi connectivity index (χ4n) is 3.97. The molecule has 0 radical (unpaired) electrons. The SMILES string of the molecule is CC.CCSc1ccc(CO[N-]c2ccc3c(c2)cc(Cc2ccccc2)n3C(C)C)c(Cl)c1.[K+]. The van der Waals surface area contributed by atoms with E-state index in [9.17, 15) is 0 Å². The predicted molar refractivity (Wildman–Crippen MR) is 149 cm³/mol. The van der Waals surface area contributed by atoms with Crippen molar-refractivity contribution in [3.8, 4) is 0 Å². The quantitative estimate of drug-likeness (QED) is 0.135. The Hall–Kier alpha value is -0.764. The van der Waals surface area contributed by atoms with Gasteiger partial charge >= 0.3 is 51.4 Å². The van der Waals surface area contributed by atoms with Crippen LogP contribution in [-0.2, 0) is 17.9 Å². The largest absolute Gasteiger partial charge is 1.00 e. The van der Waals surface area contributed by atoms with E-state index in [4.69, 9.17) is 16.4 Å². The fourth-order valence-corrected chi connectivity index (χ4v) is 4.96. The monoisotopic (exact) mass is 532 g/mol. The summed E-state index contributed by atoms with van der Waals surface area (Å²) in [5, 5.41) is 1.89. The minimum Gasteiger partial charge on any atom is -0.562 e. The normalized spacial score (nSPS) is 10.6. The van der Waals surface area contributed by atoms with Gasteiger partial charge in [0.15, 0.2) is 0 Å². The number of halogens is 1. The molecule has 35 heavy (non-hydrogen) atoms. The number of benzene rings is 3. The molecule has 0 bridgehead atoms. The maximum absolute atomic E-state index is 6.40. The standard InChI is InChI=1S/C27H28ClN2OS.C2H6.K/c1-4-32-25-12-10-21(26(28)17-25)18-31-29-23-11-13-27-22(15-23)16-24(30(27)19(2)3)14-20-8-6-5-7-9-20;1-2;/h5-13,15-17,19H,4,14,18H2,1-3H3;1-2H3;/q-1;;+1. The molecule has 0 aliphatic rings. The van der Waals surface area contributed by atoms with E-state index in [0.717, 1.165) is 23.4 Å². The van der Waals surface area contributed by atoms with Crippen molar-refractivity contribution in [1.29, 1.82) is 0 Å². The summed E-state index contributed by atoms with van der Waals surface area (Å²) in [6.07, 6.45) is 0.904. The van der Waals surface area contributed by atoms with E-state index in [0.29, 0.717) is 17.7 Å². The van der Waals surface area contributed by atoms with Gasteiger partial charge in [0, 0.05) is 33.6 Å². The molecule has 3 nitrogen and oxygen atoms in total. The van der Waals surface area contributed by atoms with Gasteiger partial charge in [-0.25, -0.2) is 0 Å². The minimum atomic E-state index is 0. The maximum atomic E-state index is 6.40. The molecule has 0 N–H and O–H groups in total. The summed E-state index contributed by atoms with van der Waals surface area (Å²) in [5.41, 5.74) is 9.92. The van der Waals surface area contributed by atoms with Crippen LogP contribution in [0.1, 0.15) is 57.5 Å². The van der Waals surface area contributed by atoms with Crippen molar-refractivity contribution in [3.63, 3.8) is 0 Å². The van der Waals surface area contributed by atoms with Crippen LogP contribution in [0.15, 0.2) is 77.7 Å². The van der Waals surface area contributed by atoms with Gasteiger partial charge < -0.3 is 14.9 Å². The zero-order chi connectivity index (χ0) is 24.5. The van der Waals surface area contributed by atoms with Crippen LogP contribution in [-0.4, -0.2) is 10.3 Å². The molecule has 4 aromatic rings. The zero-order valence-corrected chi connectivity index (χ0v) is 26.4. The Balaban J connectivity index is 0.00000140. The van der Waals surface area contributed by atoms with Crippen LogP contribution in [0.2, 0.25) is 5.02 Å². The van der Waals surface area contributed by atoms with Crippen molar-refractivity contribution in [2.45, 2.75) is 58.6 Å². The van der Waals surface area contributed by atoms with Crippen LogP contribution in [0.4, 0.5) is 5.69 Å². The first-order valence-corrected chi connectivity index (χ1v) is 13.3. The Bertz CT molecular complexity index is 1190. The van der Waals surface area contributed by atoms with E-state index in [1.807, 2.05) is 32.0 Å². The van der Waals surface area contributed by atoms with Gasteiger partial charge in [-0.3, -0.25) is 0 Å². The minimum absolute atomic E-state index is 0. The van der Waals surface area contributed by atoms with Crippen LogP contribution < -0.4 is 51.4 Å². The van der Waals surface area contributed by atoms with Crippen molar-refractivity contribution >= 4 is 40.0 Å². The molecule has 1 aromatic heterocycles. The molecule has 4 rings (SSSR count). The summed E-state index contributed by atoms with van der Waals surface area (Å²) in [6.45, 7) is 10.9. The average Bonchev–Trinajstić information content (AvgIpc) is 3.20. The second-order valence-corrected chi connectivity index (χ2v) is 9.80. The van der Waals surface area contributed by atoms with Gasteiger partial charge in [-0.1, -0.05) is 80.9 Å². The molecule has 0 atom stereocenters. The van der Waals surface area contributed by atoms with Crippen molar-refractivity contribution in [2.24, 2.45) is 0 Å². The van der Waals surface area contributed by atoms with Crippen molar-refractivity contribution in [3.05, 3.63) is 100 Å². The van der Waals surface area contributed by atoms with E-state index in [1.165, 1.54) is 27.1 Å². The Morgan fingerprint density at radius 1 is 0.971 bits per heavy atom. The van der Waals surface area contributed by atoms with E-state index >= 15 is 0 Å². The summed E-state index contributed by atoms with van der Waals surface area (Å²) in [7, 11) is 0. The topological polar surface area (TPSA) is 28.3 Å². The molecule has 1 heterocycles. The molecule has 6 heteroatoms. The Morgan fingerprint density at radius 3 is 2.37 bits per heavy atom. The average molecular weight is 533 g/mol. The third-order valence-corrected chi connectivity index (χ3v) is 6.60. The van der Waals surface area contributed by atoms with Gasteiger partial charge in [-0.15, -0.1) is 17.4 Å². The molecule has 0 amide bonds. The van der Waals surface area contributed by atoms with Gasteiger partial charge in [0.05, 0.1) is 6.61 Å². The smallest absolute Gasteiger partial charge is 0.562 e. The molecule has 0 spiro atoms. The van der Waals surface area contributed by atoms with Crippen molar-refractivity contribution in [2.75, 3.05) is 5.75 Å². The summed E-state index contributed by atoms with van der Waals surface area (Å²) < 4.78 is 2.41. The number of nitrogens with zero attached hydrogens (tertiary/aromatic N) is 2. The summed E-state index contributed by atoms with van der Waals surface area (Å²) >= 11 is 8.18. The van der Waals surface area contributed by atoms with Crippen LogP contribution in [0, 0.1) is 0 Å². The van der Waals surface area contributed by atoms with Crippen LogP contribution in [0.3, 0.4) is 0 Å². The number of hydrogen-bond acceptors (Lipinski definition) is 2. The van der Waals surface area contributed by atoms with Gasteiger partial charge in [-0.2, -0.15) is 0 Å². The Morgan fingerprint density at radius 2 is 1.71 bits per heavy atom. The van der Waals surface area contributed by atoms with Crippen LogP contribution in [0.25, 0.3) is 16.4 Å². The first kappa shape index (κ1) is 30.5. The molecule has 0 aliphatic heterocycles. The zero-order valence-electron chi connectivity index (χ0n) is 21.7. The number of thioether (sulfide) groups is 1. The van der Waals surface area contributed by atoms with E-state index in [2.05, 4.69) is 85.4 Å². The number of aromatic nitrogens is 1. The van der Waals surface area contributed by atoms with Crippen molar-refractivity contribution in [1.82, 2.24) is 4.57 Å². The molecule has 0 unspecified atom stereocenters. The summed E-state index contributed by atoms with van der Waals surface area (Å²) in [6, 6.07) is 25.5. The third-order valence-electron chi connectivity index (χ3n) is 5.37. The van der Waals surface area contributed by atoms with Gasteiger partial charge in [0.2, 0.25) is 0 Å². The van der Waals surface area contributed by atoms with Crippen molar-refractivity contribution < 1.29 is 56.2 Å². The molecule has 0 fully saturated rings.